The molecular weight excluding hydrogens is 379 g/mol. The molecule has 0 radical (unpaired) electrons. The molecule has 0 unspecified atom stereocenters. The molecule has 2 aromatic heterocycles. The number of halogens is 3. The highest BCUT2D eigenvalue weighted by atomic mass is 32.2. The van der Waals surface area contributed by atoms with Crippen LogP contribution < -0.4 is 0 Å². The third kappa shape index (κ3) is 3.60. The smallest absolute Gasteiger partial charge is 0.398 e. The summed E-state index contributed by atoms with van der Waals surface area (Å²) < 4.78 is 47.4. The standard InChI is InChI=1S/C18H16F3N3O2S/c1-17(2)12(10-6-4-3-5-7-10)13(17)14-23-15(26-24-14)11-8-22-16(25-11)27-9-18(19,20)21/h3-8,12-13H,9H2,1-2H3/t12-,13+/m0/s1. The first-order valence-electron chi connectivity index (χ1n) is 8.30. The normalized spacial score (nSPS) is 21.4. The van der Waals surface area contributed by atoms with Crippen LogP contribution >= 0.6 is 11.8 Å². The van der Waals surface area contributed by atoms with Crippen LogP contribution in [0.15, 0.2) is 50.7 Å². The minimum absolute atomic E-state index is 0.0162. The van der Waals surface area contributed by atoms with Gasteiger partial charge in [-0.25, -0.2) is 4.98 Å². The Bertz CT molecular complexity index is 937. The van der Waals surface area contributed by atoms with Gasteiger partial charge in [0.2, 0.25) is 5.76 Å². The van der Waals surface area contributed by atoms with Gasteiger partial charge in [-0.05, 0) is 11.0 Å². The molecule has 2 atom stereocenters. The molecule has 4 rings (SSSR count). The zero-order valence-electron chi connectivity index (χ0n) is 14.5. The molecule has 0 amide bonds. The molecule has 0 bridgehead atoms. The maximum Gasteiger partial charge on any atom is 0.398 e. The number of rotatable bonds is 5. The van der Waals surface area contributed by atoms with Crippen molar-refractivity contribution in [3.05, 3.63) is 47.9 Å². The molecule has 2 heterocycles. The zero-order chi connectivity index (χ0) is 19.2. The number of thioether (sulfide) groups is 1. The Kier molecular flexibility index (Phi) is 4.29. The van der Waals surface area contributed by atoms with Crippen LogP contribution in [-0.4, -0.2) is 27.1 Å². The number of aromatic nitrogens is 3. The number of hydrogen-bond donors (Lipinski definition) is 0. The first-order chi connectivity index (χ1) is 12.8. The average molecular weight is 395 g/mol. The van der Waals surface area contributed by atoms with Crippen molar-refractivity contribution in [1.29, 1.82) is 0 Å². The molecule has 5 nitrogen and oxygen atoms in total. The molecule has 0 aliphatic heterocycles. The van der Waals surface area contributed by atoms with Crippen molar-refractivity contribution in [1.82, 2.24) is 15.1 Å². The molecule has 1 aliphatic carbocycles. The number of alkyl halides is 3. The molecule has 27 heavy (non-hydrogen) atoms. The van der Waals surface area contributed by atoms with Crippen LogP contribution in [0.2, 0.25) is 0 Å². The van der Waals surface area contributed by atoms with Crippen LogP contribution in [0.1, 0.15) is 37.1 Å². The van der Waals surface area contributed by atoms with Gasteiger partial charge in [-0.2, -0.15) is 18.2 Å². The van der Waals surface area contributed by atoms with Gasteiger partial charge in [-0.3, -0.25) is 0 Å². The van der Waals surface area contributed by atoms with Gasteiger partial charge in [-0.1, -0.05) is 61.1 Å². The summed E-state index contributed by atoms with van der Waals surface area (Å²) in [6, 6.07) is 10.1. The molecule has 9 heteroatoms. The fourth-order valence-electron chi connectivity index (χ4n) is 3.43. The molecule has 1 fully saturated rings. The summed E-state index contributed by atoms with van der Waals surface area (Å²) in [7, 11) is 0. The second-order valence-electron chi connectivity index (χ2n) is 7.04. The highest BCUT2D eigenvalue weighted by molar-refractivity contribution is 7.99. The van der Waals surface area contributed by atoms with Gasteiger partial charge in [0.05, 0.1) is 11.9 Å². The maximum absolute atomic E-state index is 12.3. The summed E-state index contributed by atoms with van der Waals surface area (Å²) in [4.78, 5) is 8.22. The summed E-state index contributed by atoms with van der Waals surface area (Å²) >= 11 is 0.473. The van der Waals surface area contributed by atoms with Crippen LogP contribution in [0.5, 0.6) is 0 Å². The van der Waals surface area contributed by atoms with E-state index in [1.165, 1.54) is 11.8 Å². The Hall–Kier alpha value is -2.29. The first-order valence-corrected chi connectivity index (χ1v) is 9.28. The van der Waals surface area contributed by atoms with E-state index in [4.69, 9.17) is 8.94 Å². The third-order valence-electron chi connectivity index (χ3n) is 4.76. The monoisotopic (exact) mass is 395 g/mol. The summed E-state index contributed by atoms with van der Waals surface area (Å²) in [6.07, 6.45) is -3.00. The minimum Gasteiger partial charge on any atom is -0.426 e. The number of hydrogen-bond acceptors (Lipinski definition) is 6. The molecule has 3 aromatic rings. The highest BCUT2D eigenvalue weighted by Gasteiger charge is 2.61. The van der Waals surface area contributed by atoms with Crippen LogP contribution in [0.25, 0.3) is 11.7 Å². The van der Waals surface area contributed by atoms with Crippen molar-refractivity contribution < 1.29 is 22.1 Å². The Morgan fingerprint density at radius 3 is 2.59 bits per heavy atom. The van der Waals surface area contributed by atoms with Gasteiger partial charge in [0, 0.05) is 11.8 Å². The Morgan fingerprint density at radius 1 is 1.15 bits per heavy atom. The molecule has 1 aromatic carbocycles. The average Bonchev–Trinajstić information content (AvgIpc) is 3.04. The van der Waals surface area contributed by atoms with Crippen LogP contribution in [-0.2, 0) is 0 Å². The van der Waals surface area contributed by atoms with E-state index in [0.29, 0.717) is 17.6 Å². The zero-order valence-corrected chi connectivity index (χ0v) is 15.3. The highest BCUT2D eigenvalue weighted by Crippen LogP contribution is 2.69. The molecule has 0 spiro atoms. The van der Waals surface area contributed by atoms with Crippen molar-refractivity contribution >= 4 is 11.8 Å². The van der Waals surface area contributed by atoms with E-state index in [1.807, 2.05) is 18.2 Å². The van der Waals surface area contributed by atoms with Crippen molar-refractivity contribution in [3.8, 4) is 11.7 Å². The maximum atomic E-state index is 12.3. The largest absolute Gasteiger partial charge is 0.426 e. The summed E-state index contributed by atoms with van der Waals surface area (Å²) in [5, 5.41) is 3.97. The van der Waals surface area contributed by atoms with Crippen molar-refractivity contribution in [2.45, 2.75) is 37.1 Å². The van der Waals surface area contributed by atoms with Crippen molar-refractivity contribution in [2.24, 2.45) is 5.41 Å². The van der Waals surface area contributed by atoms with Crippen LogP contribution in [0, 0.1) is 5.41 Å². The van der Waals surface area contributed by atoms with Crippen molar-refractivity contribution in [2.75, 3.05) is 5.75 Å². The fourth-order valence-corrected chi connectivity index (χ4v) is 3.99. The predicted octanol–water partition coefficient (Wildman–Crippen LogP) is 5.29. The number of benzene rings is 1. The second kappa shape index (κ2) is 6.40. The summed E-state index contributed by atoms with van der Waals surface area (Å²) in [5.41, 5.74) is 1.20. The Balaban J connectivity index is 1.50. The molecule has 142 valence electrons. The van der Waals surface area contributed by atoms with E-state index in [9.17, 15) is 13.2 Å². The van der Waals surface area contributed by atoms with E-state index in [-0.39, 0.29) is 34.1 Å². The topological polar surface area (TPSA) is 65.0 Å². The Labute approximate surface area is 157 Å². The lowest BCUT2D eigenvalue weighted by Crippen LogP contribution is -2.10. The molecular formula is C18H16F3N3O2S. The van der Waals surface area contributed by atoms with E-state index in [2.05, 4.69) is 41.1 Å². The van der Waals surface area contributed by atoms with Gasteiger partial charge < -0.3 is 8.94 Å². The predicted molar refractivity (Wildman–Crippen MR) is 92.3 cm³/mol. The van der Waals surface area contributed by atoms with Gasteiger partial charge >= 0.3 is 6.18 Å². The molecule has 0 N–H and O–H groups in total. The van der Waals surface area contributed by atoms with Crippen LogP contribution in [0.4, 0.5) is 13.2 Å². The summed E-state index contributed by atoms with van der Waals surface area (Å²) in [5.74, 6) is 0.136. The molecule has 0 saturated heterocycles. The van der Waals surface area contributed by atoms with Gasteiger partial charge in [0.15, 0.2) is 5.82 Å². The van der Waals surface area contributed by atoms with Crippen molar-refractivity contribution in [3.63, 3.8) is 0 Å². The van der Waals surface area contributed by atoms with Gasteiger partial charge in [0.25, 0.3) is 11.1 Å². The van der Waals surface area contributed by atoms with E-state index < -0.39 is 11.9 Å². The lowest BCUT2D eigenvalue weighted by molar-refractivity contribution is -0.105. The van der Waals surface area contributed by atoms with Crippen LogP contribution in [0.3, 0.4) is 0 Å². The quantitative estimate of drug-likeness (QED) is 0.547. The minimum atomic E-state index is -4.29. The van der Waals surface area contributed by atoms with E-state index in [1.54, 1.807) is 0 Å². The number of oxazole rings is 1. The lowest BCUT2D eigenvalue weighted by Gasteiger charge is -2.01. The Morgan fingerprint density at radius 2 is 1.89 bits per heavy atom. The lowest BCUT2D eigenvalue weighted by atomic mass is 10.0. The number of nitrogens with zero attached hydrogens (tertiary/aromatic N) is 3. The first kappa shape index (κ1) is 18.1. The fraction of sp³-hybridized carbons (Fsp3) is 0.389. The molecule has 1 aliphatic rings. The van der Waals surface area contributed by atoms with Gasteiger partial charge in [0.1, 0.15) is 0 Å². The third-order valence-corrected chi connectivity index (χ3v) is 5.67. The SMILES string of the molecule is CC1(C)[C@@H](c2ccccc2)[C@@H]1c1noc(-c2cnc(SCC(F)(F)F)o2)n1. The second-order valence-corrected chi connectivity index (χ2v) is 7.97. The molecule has 1 saturated carbocycles. The van der Waals surface area contributed by atoms with Gasteiger partial charge in [-0.15, -0.1) is 0 Å². The van der Waals surface area contributed by atoms with E-state index in [0.717, 1.165) is 0 Å². The van der Waals surface area contributed by atoms with E-state index >= 15 is 0 Å². The summed E-state index contributed by atoms with van der Waals surface area (Å²) in [6.45, 7) is 4.29.